The van der Waals surface area contributed by atoms with E-state index < -0.39 is 30.1 Å². The minimum absolute atomic E-state index is 0.0696. The molecule has 2 aliphatic rings. The van der Waals surface area contributed by atoms with Crippen molar-refractivity contribution in [3.8, 4) is 11.5 Å². The maximum Gasteiger partial charge on any atom is 0.247 e. The summed E-state index contributed by atoms with van der Waals surface area (Å²) in [6, 6.07) is 2.66. The number of carbonyl (C=O) groups is 2. The summed E-state index contributed by atoms with van der Waals surface area (Å²) in [6.45, 7) is 5.85. The topological polar surface area (TPSA) is 129 Å². The van der Waals surface area contributed by atoms with E-state index in [1.54, 1.807) is 23.1 Å². The van der Waals surface area contributed by atoms with Crippen molar-refractivity contribution in [2.75, 3.05) is 26.8 Å². The van der Waals surface area contributed by atoms with Gasteiger partial charge in [-0.2, -0.15) is 0 Å². The second-order valence-electron chi connectivity index (χ2n) is 9.76. The lowest BCUT2D eigenvalue weighted by Crippen LogP contribution is -2.56. The number of rotatable bonds is 12. The summed E-state index contributed by atoms with van der Waals surface area (Å²) in [5, 5.41) is 33.3. The molecule has 1 aliphatic carbocycles. The second kappa shape index (κ2) is 12.6. The predicted molar refractivity (Wildman–Crippen MR) is 135 cm³/mol. The Morgan fingerprint density at radius 3 is 2.56 bits per heavy atom. The molecule has 2 amide bonds. The third-order valence-corrected chi connectivity index (χ3v) is 6.88. The van der Waals surface area contributed by atoms with E-state index in [2.05, 4.69) is 12.2 Å². The average Bonchev–Trinajstić information content (AvgIpc) is 3.27. The van der Waals surface area contributed by atoms with Crippen LogP contribution in [0.5, 0.6) is 11.5 Å². The van der Waals surface area contributed by atoms with Crippen molar-refractivity contribution in [2.45, 2.75) is 77.2 Å². The monoisotopic (exact) mass is 504 g/mol. The van der Waals surface area contributed by atoms with Gasteiger partial charge in [-0.15, -0.1) is 0 Å². The maximum atomic E-state index is 13.3. The lowest BCUT2D eigenvalue weighted by Gasteiger charge is -2.41. The first-order valence-corrected chi connectivity index (χ1v) is 12.9. The van der Waals surface area contributed by atoms with Crippen LogP contribution >= 0.6 is 0 Å². The Labute approximate surface area is 213 Å². The van der Waals surface area contributed by atoms with Crippen molar-refractivity contribution < 1.29 is 34.4 Å². The summed E-state index contributed by atoms with van der Waals surface area (Å²) in [4.78, 5) is 28.2. The van der Waals surface area contributed by atoms with Gasteiger partial charge >= 0.3 is 0 Å². The van der Waals surface area contributed by atoms with Gasteiger partial charge in [0, 0.05) is 30.1 Å². The molecule has 1 aromatic carbocycles. The van der Waals surface area contributed by atoms with E-state index in [4.69, 9.17) is 9.47 Å². The molecule has 36 heavy (non-hydrogen) atoms. The molecule has 0 spiro atoms. The van der Waals surface area contributed by atoms with Gasteiger partial charge < -0.3 is 35.0 Å². The Morgan fingerprint density at radius 2 is 1.94 bits per heavy atom. The number of hydrogen-bond donors (Lipinski definition) is 4. The number of carbonyl (C=O) groups excluding carboxylic acids is 2. The molecule has 9 nitrogen and oxygen atoms in total. The minimum Gasteiger partial charge on any atom is -0.493 e. The van der Waals surface area contributed by atoms with Crippen LogP contribution in [-0.2, 0) is 16.2 Å². The number of nitrogens with zero attached hydrogens (tertiary/aromatic N) is 1. The smallest absolute Gasteiger partial charge is 0.247 e. The molecule has 4 N–H and O–H groups in total. The summed E-state index contributed by atoms with van der Waals surface area (Å²) in [5.41, 5.74) is 1.58. The van der Waals surface area contributed by atoms with Crippen LogP contribution in [0, 0.1) is 5.92 Å². The fraction of sp³-hybridized carbons (Fsp3) is 0.630. The molecule has 0 aromatic heterocycles. The minimum atomic E-state index is -1.09. The number of unbranched alkanes of at least 4 members (excludes halogenated alkanes) is 3. The summed E-state index contributed by atoms with van der Waals surface area (Å²) in [5.74, 6) is -0.592. The zero-order valence-electron chi connectivity index (χ0n) is 21.7. The lowest BCUT2D eigenvalue weighted by molar-refractivity contribution is -0.140. The second-order valence-corrected chi connectivity index (χ2v) is 9.76. The van der Waals surface area contributed by atoms with Crippen LogP contribution in [0.1, 0.15) is 63.5 Å². The van der Waals surface area contributed by atoms with E-state index in [1.165, 1.54) is 7.11 Å². The van der Waals surface area contributed by atoms with Gasteiger partial charge in [-0.05, 0) is 30.2 Å². The van der Waals surface area contributed by atoms with Crippen LogP contribution in [0.4, 0.5) is 0 Å². The Hall–Kier alpha value is -2.62. The molecule has 1 heterocycles. The van der Waals surface area contributed by atoms with E-state index in [0.717, 1.165) is 25.7 Å². The van der Waals surface area contributed by atoms with Crippen molar-refractivity contribution in [2.24, 2.45) is 5.92 Å². The number of aliphatic hydroxyl groups is 3. The number of aliphatic hydroxyl groups excluding tert-OH is 3. The zero-order chi connectivity index (χ0) is 26.4. The molecule has 4 atom stereocenters. The third kappa shape index (κ3) is 5.68. The highest BCUT2D eigenvalue weighted by Gasteiger charge is 2.51. The fourth-order valence-corrected chi connectivity index (χ4v) is 5.07. The van der Waals surface area contributed by atoms with Crippen molar-refractivity contribution in [1.82, 2.24) is 10.2 Å². The normalized spacial score (nSPS) is 22.4. The predicted octanol–water partition coefficient (Wildman–Crippen LogP) is 1.87. The Morgan fingerprint density at radius 1 is 1.19 bits per heavy atom. The molecule has 4 unspecified atom stereocenters. The Balaban J connectivity index is 2.08. The first-order valence-electron chi connectivity index (χ1n) is 12.9. The first-order chi connectivity index (χ1) is 17.3. The molecule has 0 radical (unpaired) electrons. The molecule has 1 aliphatic heterocycles. The molecule has 0 fully saturated rings. The molecule has 0 bridgehead atoms. The average molecular weight is 505 g/mol. The van der Waals surface area contributed by atoms with Crippen molar-refractivity contribution in [1.29, 1.82) is 0 Å². The third-order valence-electron chi connectivity index (χ3n) is 6.88. The van der Waals surface area contributed by atoms with Crippen molar-refractivity contribution in [3.63, 3.8) is 0 Å². The largest absolute Gasteiger partial charge is 0.493 e. The number of amides is 2. The fourth-order valence-electron chi connectivity index (χ4n) is 5.07. The number of hydrogen-bond acceptors (Lipinski definition) is 7. The SMILES string of the molecule is CCCCCCN(C(=O)C(C)C)C1C=C(C(=O)NCCO)C2c3cc(CO)cc(OC)c3OC2C1O. The molecule has 200 valence electrons. The van der Waals surface area contributed by atoms with E-state index in [1.807, 2.05) is 13.8 Å². The van der Waals surface area contributed by atoms with E-state index in [0.29, 0.717) is 34.7 Å². The van der Waals surface area contributed by atoms with E-state index in [-0.39, 0.29) is 31.6 Å². The van der Waals surface area contributed by atoms with Gasteiger partial charge in [0.05, 0.1) is 32.3 Å². The van der Waals surface area contributed by atoms with Crippen LogP contribution < -0.4 is 14.8 Å². The van der Waals surface area contributed by atoms with Crippen LogP contribution in [0.3, 0.4) is 0 Å². The van der Waals surface area contributed by atoms with Gasteiger partial charge in [0.15, 0.2) is 11.5 Å². The van der Waals surface area contributed by atoms with Crippen LogP contribution in [0.25, 0.3) is 0 Å². The highest BCUT2D eigenvalue weighted by Crippen LogP contribution is 2.51. The summed E-state index contributed by atoms with van der Waals surface area (Å²) in [7, 11) is 1.49. The van der Waals surface area contributed by atoms with Crippen molar-refractivity contribution >= 4 is 11.8 Å². The lowest BCUT2D eigenvalue weighted by atomic mass is 9.77. The van der Waals surface area contributed by atoms with Gasteiger partial charge in [0.1, 0.15) is 12.2 Å². The maximum absolute atomic E-state index is 13.3. The summed E-state index contributed by atoms with van der Waals surface area (Å²) < 4.78 is 11.7. The number of nitrogens with one attached hydrogen (secondary N) is 1. The van der Waals surface area contributed by atoms with Gasteiger partial charge in [-0.3, -0.25) is 9.59 Å². The van der Waals surface area contributed by atoms with Crippen molar-refractivity contribution in [3.05, 3.63) is 34.9 Å². The summed E-state index contributed by atoms with van der Waals surface area (Å²) in [6.07, 6.45) is 3.63. The summed E-state index contributed by atoms with van der Waals surface area (Å²) >= 11 is 0. The van der Waals surface area contributed by atoms with Gasteiger partial charge in [-0.1, -0.05) is 40.0 Å². The number of ether oxygens (including phenoxy) is 2. The van der Waals surface area contributed by atoms with Crippen LogP contribution in [0.2, 0.25) is 0 Å². The molecular weight excluding hydrogens is 464 g/mol. The Kier molecular flexibility index (Phi) is 9.76. The quantitative estimate of drug-likeness (QED) is 0.320. The molecule has 0 saturated carbocycles. The number of benzene rings is 1. The molecule has 1 aromatic rings. The molecule has 3 rings (SSSR count). The van der Waals surface area contributed by atoms with Gasteiger partial charge in [0.25, 0.3) is 0 Å². The number of fused-ring (bicyclic) bond motifs is 3. The number of methoxy groups -OCH3 is 1. The van der Waals surface area contributed by atoms with Crippen LogP contribution in [0.15, 0.2) is 23.8 Å². The van der Waals surface area contributed by atoms with E-state index in [9.17, 15) is 24.9 Å². The molecule has 0 saturated heterocycles. The van der Waals surface area contributed by atoms with Crippen LogP contribution in [-0.4, -0.2) is 77.1 Å². The zero-order valence-corrected chi connectivity index (χ0v) is 21.7. The Bertz CT molecular complexity index is 962. The first kappa shape index (κ1) is 28.0. The van der Waals surface area contributed by atoms with Gasteiger partial charge in [0.2, 0.25) is 11.8 Å². The standard InChI is InChI=1S/C27H40N2O7/c1-5-6-7-8-10-29(27(34)16(2)3)20-14-19(26(33)28-9-11-30)22-18-12-17(15-31)13-21(35-4)24(18)36-25(22)23(20)32/h12-14,16,20,22-23,25,30-32H,5-11,15H2,1-4H3,(H,28,33). The molecular formula is C27H40N2O7. The van der Waals surface area contributed by atoms with E-state index >= 15 is 0 Å². The highest BCUT2D eigenvalue weighted by molar-refractivity contribution is 5.96. The van der Waals surface area contributed by atoms with Gasteiger partial charge in [-0.25, -0.2) is 0 Å². The highest BCUT2D eigenvalue weighted by atomic mass is 16.5. The molecule has 9 heteroatoms.